The van der Waals surface area contributed by atoms with E-state index < -0.39 is 0 Å². The molecule has 1 saturated heterocycles. The Morgan fingerprint density at radius 3 is 2.67 bits per heavy atom. The molecule has 0 radical (unpaired) electrons. The number of amides is 1. The zero-order valence-corrected chi connectivity index (χ0v) is 17.7. The van der Waals surface area contributed by atoms with Crippen LogP contribution in [0.4, 0.5) is 0 Å². The van der Waals surface area contributed by atoms with E-state index in [1.54, 1.807) is 22.7 Å². The minimum Gasteiger partial charge on any atom is -0.346 e. The highest BCUT2D eigenvalue weighted by molar-refractivity contribution is 7.99. The molecule has 2 unspecified atom stereocenters. The van der Waals surface area contributed by atoms with Crippen molar-refractivity contribution in [1.29, 1.82) is 5.26 Å². The number of nitrogens with one attached hydrogen (secondary N) is 2. The van der Waals surface area contributed by atoms with Crippen molar-refractivity contribution in [2.75, 3.05) is 6.54 Å². The maximum atomic E-state index is 12.8. The summed E-state index contributed by atoms with van der Waals surface area (Å²) in [4.78, 5) is 16.7. The van der Waals surface area contributed by atoms with Gasteiger partial charge in [-0.25, -0.2) is 0 Å². The molecule has 0 aliphatic carbocycles. The summed E-state index contributed by atoms with van der Waals surface area (Å²) >= 11 is 1.67. The molecule has 1 amide bonds. The lowest BCUT2D eigenvalue weighted by Gasteiger charge is -2.21. The number of H-pyrrole nitrogens is 1. The van der Waals surface area contributed by atoms with Gasteiger partial charge in [0.15, 0.2) is 6.19 Å². The van der Waals surface area contributed by atoms with Crippen LogP contribution < -0.4 is 5.32 Å². The van der Waals surface area contributed by atoms with E-state index in [1.807, 2.05) is 50.2 Å². The van der Waals surface area contributed by atoms with Crippen LogP contribution in [-0.4, -0.2) is 39.6 Å². The predicted octanol–water partition coefficient (Wildman–Crippen LogP) is 4.15. The summed E-state index contributed by atoms with van der Waals surface area (Å²) in [6, 6.07) is 19.9. The first-order valence-corrected chi connectivity index (χ1v) is 10.7. The van der Waals surface area contributed by atoms with Gasteiger partial charge in [0.05, 0.1) is 17.8 Å². The fraction of sp³-hybridized carbons (Fsp3) is 0.261. The Morgan fingerprint density at radius 2 is 1.93 bits per heavy atom. The quantitative estimate of drug-likeness (QED) is 0.609. The smallest absolute Gasteiger partial charge is 0.269 e. The van der Waals surface area contributed by atoms with Gasteiger partial charge in [-0.1, -0.05) is 55.1 Å². The number of aromatic nitrogens is 2. The molecule has 2 heterocycles. The van der Waals surface area contributed by atoms with E-state index in [1.165, 1.54) is 0 Å². The van der Waals surface area contributed by atoms with E-state index in [0.29, 0.717) is 12.2 Å². The molecule has 6 nitrogen and oxygen atoms in total. The molecule has 30 heavy (non-hydrogen) atoms. The Labute approximate surface area is 180 Å². The fourth-order valence-corrected chi connectivity index (χ4v) is 4.82. The first-order valence-electron chi connectivity index (χ1n) is 9.91. The van der Waals surface area contributed by atoms with Gasteiger partial charge in [0, 0.05) is 21.9 Å². The van der Waals surface area contributed by atoms with Crippen LogP contribution in [0, 0.1) is 17.4 Å². The highest BCUT2D eigenvalue weighted by Gasteiger charge is 2.37. The molecule has 1 aliphatic rings. The maximum Gasteiger partial charge on any atom is 0.269 e. The zero-order chi connectivity index (χ0) is 21.1. The first-order chi connectivity index (χ1) is 14.6. The number of nitrogens with zero attached hydrogens (tertiary/aromatic N) is 3. The molecule has 1 aliphatic heterocycles. The topological polar surface area (TPSA) is 84.8 Å². The lowest BCUT2D eigenvalue weighted by Crippen LogP contribution is -2.44. The Bertz CT molecular complexity index is 1070. The molecule has 3 aromatic rings. The van der Waals surface area contributed by atoms with Crippen molar-refractivity contribution >= 4 is 17.7 Å². The van der Waals surface area contributed by atoms with E-state index in [-0.39, 0.29) is 23.9 Å². The van der Waals surface area contributed by atoms with Crippen LogP contribution >= 0.6 is 11.8 Å². The molecule has 2 aromatic carbocycles. The summed E-state index contributed by atoms with van der Waals surface area (Å²) in [6.07, 6.45) is 2.20. The molecule has 1 fully saturated rings. The van der Waals surface area contributed by atoms with Gasteiger partial charge in [-0.05, 0) is 37.1 Å². The van der Waals surface area contributed by atoms with Crippen LogP contribution in [0.2, 0.25) is 0 Å². The number of carbonyl (C=O) groups excluding carboxylic acids is 1. The normalized spacial score (nSPS) is 20.7. The van der Waals surface area contributed by atoms with Gasteiger partial charge in [-0.2, -0.15) is 10.4 Å². The number of aromatic amines is 1. The third kappa shape index (κ3) is 4.05. The predicted molar refractivity (Wildman–Crippen MR) is 117 cm³/mol. The number of nitriles is 1. The summed E-state index contributed by atoms with van der Waals surface area (Å²) < 4.78 is 0. The van der Waals surface area contributed by atoms with Gasteiger partial charge in [-0.3, -0.25) is 9.89 Å². The van der Waals surface area contributed by atoms with Crippen molar-refractivity contribution in [3.8, 4) is 17.5 Å². The molecule has 2 N–H and O–H groups in total. The molecule has 0 saturated carbocycles. The number of likely N-dealkylation sites (tertiary alicyclic amines) is 1. The lowest BCUT2D eigenvalue weighted by atomic mass is 10.0. The second-order valence-corrected chi connectivity index (χ2v) is 8.66. The van der Waals surface area contributed by atoms with Crippen LogP contribution in [0.25, 0.3) is 11.3 Å². The number of benzene rings is 2. The third-order valence-corrected chi connectivity index (χ3v) is 6.58. The Hall–Kier alpha value is -3.24. The van der Waals surface area contributed by atoms with E-state index in [9.17, 15) is 10.1 Å². The first kappa shape index (κ1) is 20.0. The molecule has 1 aromatic heterocycles. The molecule has 0 bridgehead atoms. The molecule has 4 rings (SSSR count). The Morgan fingerprint density at radius 1 is 1.20 bits per heavy atom. The van der Waals surface area contributed by atoms with Gasteiger partial charge < -0.3 is 10.2 Å². The second kappa shape index (κ2) is 8.64. The standard InChI is InChI=1S/C23H23N5OS/c1-15-13-28(14-24)16(2)22(15)25-23(29)20-12-19(26-27-20)18-10-6-7-11-21(18)30-17-8-4-3-5-9-17/h3-12,15-16,22H,13H2,1-2H3,(H,25,29)(H,26,27)/t15?,16?,22-/m1/s1. The van der Waals surface area contributed by atoms with E-state index in [2.05, 4.69) is 39.9 Å². The van der Waals surface area contributed by atoms with E-state index in [0.717, 1.165) is 21.0 Å². The van der Waals surface area contributed by atoms with Crippen LogP contribution in [0.5, 0.6) is 0 Å². The Balaban J connectivity index is 1.52. The molecule has 7 heteroatoms. The summed E-state index contributed by atoms with van der Waals surface area (Å²) in [5.74, 6) is -0.000534. The van der Waals surface area contributed by atoms with Crippen LogP contribution in [0.3, 0.4) is 0 Å². The minimum absolute atomic E-state index is 0.0284. The summed E-state index contributed by atoms with van der Waals surface area (Å²) in [7, 11) is 0. The van der Waals surface area contributed by atoms with Gasteiger partial charge in [0.25, 0.3) is 5.91 Å². The maximum absolute atomic E-state index is 12.8. The van der Waals surface area contributed by atoms with Crippen molar-refractivity contribution in [2.45, 2.75) is 35.7 Å². The number of hydrogen-bond acceptors (Lipinski definition) is 5. The second-order valence-electron chi connectivity index (χ2n) is 7.55. The summed E-state index contributed by atoms with van der Waals surface area (Å²) in [5.41, 5.74) is 2.12. The monoisotopic (exact) mass is 417 g/mol. The number of hydrogen-bond donors (Lipinski definition) is 2. The fourth-order valence-electron chi connectivity index (χ4n) is 3.84. The summed E-state index contributed by atoms with van der Waals surface area (Å²) in [5, 5.41) is 19.6. The number of carbonyl (C=O) groups is 1. The van der Waals surface area contributed by atoms with Gasteiger partial charge in [-0.15, -0.1) is 0 Å². The molecule has 0 spiro atoms. The minimum atomic E-state index is -0.203. The average molecular weight is 418 g/mol. The SMILES string of the molecule is CC1CN(C#N)C(C)[C@@H]1NC(=O)c1cc(-c2ccccc2Sc2ccccc2)n[nH]1. The van der Waals surface area contributed by atoms with Crippen molar-refractivity contribution in [2.24, 2.45) is 5.92 Å². The zero-order valence-electron chi connectivity index (χ0n) is 16.9. The average Bonchev–Trinajstić information content (AvgIpc) is 3.35. The third-order valence-electron chi connectivity index (χ3n) is 5.49. The van der Waals surface area contributed by atoms with E-state index >= 15 is 0 Å². The molecule has 152 valence electrons. The lowest BCUT2D eigenvalue weighted by molar-refractivity contribution is 0.0918. The van der Waals surface area contributed by atoms with Crippen LogP contribution in [0.1, 0.15) is 24.3 Å². The number of rotatable bonds is 5. The van der Waals surface area contributed by atoms with Gasteiger partial charge in [0.1, 0.15) is 5.69 Å². The molecular weight excluding hydrogens is 394 g/mol. The van der Waals surface area contributed by atoms with Crippen molar-refractivity contribution in [3.05, 3.63) is 66.4 Å². The van der Waals surface area contributed by atoms with Crippen molar-refractivity contribution < 1.29 is 4.79 Å². The molecular formula is C23H23N5OS. The largest absolute Gasteiger partial charge is 0.346 e. The van der Waals surface area contributed by atoms with Crippen molar-refractivity contribution in [1.82, 2.24) is 20.4 Å². The van der Waals surface area contributed by atoms with Crippen LogP contribution in [-0.2, 0) is 0 Å². The Kier molecular flexibility index (Phi) is 5.77. The summed E-state index contributed by atoms with van der Waals surface area (Å²) in [6.45, 7) is 4.67. The highest BCUT2D eigenvalue weighted by atomic mass is 32.2. The van der Waals surface area contributed by atoms with E-state index in [4.69, 9.17) is 0 Å². The van der Waals surface area contributed by atoms with Crippen molar-refractivity contribution in [3.63, 3.8) is 0 Å². The van der Waals surface area contributed by atoms with Crippen LogP contribution in [0.15, 0.2) is 70.5 Å². The molecule has 3 atom stereocenters. The highest BCUT2D eigenvalue weighted by Crippen LogP contribution is 2.35. The van der Waals surface area contributed by atoms with Gasteiger partial charge in [0.2, 0.25) is 0 Å². The van der Waals surface area contributed by atoms with Gasteiger partial charge >= 0.3 is 0 Å².